The predicted octanol–water partition coefficient (Wildman–Crippen LogP) is 2.14. The highest BCUT2D eigenvalue weighted by molar-refractivity contribution is 7.89. The second-order valence-corrected chi connectivity index (χ2v) is 7.02. The zero-order valence-corrected chi connectivity index (χ0v) is 13.3. The third-order valence-corrected chi connectivity index (χ3v) is 4.64. The first-order chi connectivity index (χ1) is 9.93. The Morgan fingerprint density at radius 1 is 1.33 bits per heavy atom. The molecule has 0 fully saturated rings. The predicted molar refractivity (Wildman–Crippen MR) is 80.1 cm³/mol. The zero-order valence-electron chi connectivity index (χ0n) is 11.8. The van der Waals surface area contributed by atoms with Gasteiger partial charge < -0.3 is 4.74 Å². The number of hydrogen-bond donors (Lipinski definition) is 1. The lowest BCUT2D eigenvalue weighted by atomic mass is 10.2. The molecule has 2 aromatic rings. The minimum absolute atomic E-state index is 0.112. The van der Waals surface area contributed by atoms with Gasteiger partial charge in [0.2, 0.25) is 0 Å². The Bertz CT molecular complexity index is 728. The van der Waals surface area contributed by atoms with E-state index in [1.54, 1.807) is 18.2 Å². The Kier molecular flexibility index (Phi) is 4.84. The molecule has 0 aliphatic heterocycles. The smallest absolute Gasteiger partial charge is 0.161 e. The SMILES string of the molecule is CCc1n[nH]c(CS(=O)(=O)Cc2ccc(OC)c(Cl)c2)n1. The maximum Gasteiger partial charge on any atom is 0.161 e. The highest BCUT2D eigenvalue weighted by atomic mass is 35.5. The number of aromatic amines is 1. The number of nitrogens with zero attached hydrogens (tertiary/aromatic N) is 2. The molecule has 1 N–H and O–H groups in total. The molecule has 0 amide bonds. The molecule has 8 heteroatoms. The van der Waals surface area contributed by atoms with E-state index in [0.717, 1.165) is 0 Å². The first-order valence-corrected chi connectivity index (χ1v) is 8.56. The summed E-state index contributed by atoms with van der Waals surface area (Å²) >= 11 is 5.99. The van der Waals surface area contributed by atoms with E-state index in [-0.39, 0.29) is 11.5 Å². The summed E-state index contributed by atoms with van der Waals surface area (Å²) in [5, 5.41) is 6.95. The van der Waals surface area contributed by atoms with Gasteiger partial charge in [-0.25, -0.2) is 13.4 Å². The van der Waals surface area contributed by atoms with Gasteiger partial charge in [0.15, 0.2) is 9.84 Å². The number of nitrogens with one attached hydrogen (secondary N) is 1. The fourth-order valence-corrected chi connectivity index (χ4v) is 3.49. The Balaban J connectivity index is 2.11. The Hall–Kier alpha value is -1.60. The molecule has 1 heterocycles. The summed E-state index contributed by atoms with van der Waals surface area (Å²) in [7, 11) is -1.85. The van der Waals surface area contributed by atoms with Crippen LogP contribution >= 0.6 is 11.6 Å². The van der Waals surface area contributed by atoms with Crippen LogP contribution in [0.4, 0.5) is 0 Å². The zero-order chi connectivity index (χ0) is 15.5. The minimum atomic E-state index is -3.35. The van der Waals surface area contributed by atoms with Gasteiger partial charge in [0.25, 0.3) is 0 Å². The normalized spacial score (nSPS) is 11.6. The van der Waals surface area contributed by atoms with Crippen molar-refractivity contribution in [3.05, 3.63) is 40.4 Å². The third-order valence-electron chi connectivity index (χ3n) is 2.85. The molecule has 21 heavy (non-hydrogen) atoms. The van der Waals surface area contributed by atoms with Crippen LogP contribution in [0.25, 0.3) is 0 Å². The summed E-state index contributed by atoms with van der Waals surface area (Å²) in [4.78, 5) is 4.11. The van der Waals surface area contributed by atoms with Crippen LogP contribution in [0.1, 0.15) is 24.1 Å². The monoisotopic (exact) mass is 329 g/mol. The van der Waals surface area contributed by atoms with Gasteiger partial charge in [-0.3, -0.25) is 5.10 Å². The second-order valence-electron chi connectivity index (χ2n) is 4.55. The van der Waals surface area contributed by atoms with Gasteiger partial charge >= 0.3 is 0 Å². The molecule has 0 aliphatic carbocycles. The molecule has 0 saturated carbocycles. The number of H-pyrrole nitrogens is 1. The summed E-state index contributed by atoms with van der Waals surface area (Å²) in [6.07, 6.45) is 0.657. The maximum absolute atomic E-state index is 12.2. The quantitative estimate of drug-likeness (QED) is 0.877. The fraction of sp³-hybridized carbons (Fsp3) is 0.385. The largest absolute Gasteiger partial charge is 0.495 e. The number of ether oxygens (including phenoxy) is 1. The van der Waals surface area contributed by atoms with Crippen molar-refractivity contribution in [2.75, 3.05) is 7.11 Å². The van der Waals surface area contributed by atoms with E-state index in [1.807, 2.05) is 6.92 Å². The first kappa shape index (κ1) is 15.8. The van der Waals surface area contributed by atoms with Crippen LogP contribution < -0.4 is 4.74 Å². The highest BCUT2D eigenvalue weighted by Gasteiger charge is 2.17. The van der Waals surface area contributed by atoms with Gasteiger partial charge in [0, 0.05) is 6.42 Å². The van der Waals surface area contributed by atoms with Crippen molar-refractivity contribution in [3.8, 4) is 5.75 Å². The van der Waals surface area contributed by atoms with Gasteiger partial charge in [-0.1, -0.05) is 24.6 Å². The second kappa shape index (κ2) is 6.44. The molecule has 6 nitrogen and oxygen atoms in total. The van der Waals surface area contributed by atoms with Gasteiger partial charge in [-0.2, -0.15) is 5.10 Å². The van der Waals surface area contributed by atoms with E-state index < -0.39 is 9.84 Å². The van der Waals surface area contributed by atoms with Crippen LogP contribution in [0.3, 0.4) is 0 Å². The van der Waals surface area contributed by atoms with Crippen LogP contribution in [-0.4, -0.2) is 30.7 Å². The van der Waals surface area contributed by atoms with E-state index in [1.165, 1.54) is 7.11 Å². The Morgan fingerprint density at radius 3 is 2.67 bits per heavy atom. The molecular formula is C13H16ClN3O3S. The molecule has 0 unspecified atom stereocenters. The van der Waals surface area contributed by atoms with Gasteiger partial charge in [-0.05, 0) is 17.7 Å². The number of rotatable bonds is 6. The van der Waals surface area contributed by atoms with Crippen molar-refractivity contribution >= 4 is 21.4 Å². The summed E-state index contributed by atoms with van der Waals surface area (Å²) in [5.74, 6) is 1.18. The number of sulfone groups is 1. The Labute approximate surface area is 128 Å². The molecule has 114 valence electrons. The molecule has 0 radical (unpaired) electrons. The fourth-order valence-electron chi connectivity index (χ4n) is 1.87. The van der Waals surface area contributed by atoms with Gasteiger partial charge in [0.1, 0.15) is 23.2 Å². The van der Waals surface area contributed by atoms with Gasteiger partial charge in [0.05, 0.1) is 17.9 Å². The molecule has 0 spiro atoms. The molecule has 2 rings (SSSR count). The molecule has 1 aromatic heterocycles. The number of aromatic nitrogens is 3. The van der Waals surface area contributed by atoms with E-state index in [4.69, 9.17) is 16.3 Å². The maximum atomic E-state index is 12.2. The highest BCUT2D eigenvalue weighted by Crippen LogP contribution is 2.26. The van der Waals surface area contributed by atoms with Crippen molar-refractivity contribution in [1.29, 1.82) is 0 Å². The van der Waals surface area contributed by atoms with Gasteiger partial charge in [-0.15, -0.1) is 0 Å². The lowest BCUT2D eigenvalue weighted by molar-refractivity contribution is 0.415. The molecule has 0 atom stereocenters. The Morgan fingerprint density at radius 2 is 2.10 bits per heavy atom. The molecule has 0 bridgehead atoms. The molecule has 0 aliphatic rings. The van der Waals surface area contributed by atoms with Crippen molar-refractivity contribution in [2.45, 2.75) is 24.9 Å². The third kappa shape index (κ3) is 4.18. The van der Waals surface area contributed by atoms with Crippen LogP contribution in [0.5, 0.6) is 5.75 Å². The number of methoxy groups -OCH3 is 1. The average molecular weight is 330 g/mol. The number of aryl methyl sites for hydroxylation is 1. The van der Waals surface area contributed by atoms with Crippen molar-refractivity contribution in [2.24, 2.45) is 0 Å². The average Bonchev–Trinajstić information content (AvgIpc) is 2.85. The van der Waals surface area contributed by atoms with Crippen LogP contribution in [-0.2, 0) is 27.8 Å². The molecular weight excluding hydrogens is 314 g/mol. The van der Waals surface area contributed by atoms with Crippen LogP contribution in [0.15, 0.2) is 18.2 Å². The number of hydrogen-bond acceptors (Lipinski definition) is 5. The van der Waals surface area contributed by atoms with Crippen molar-refractivity contribution in [1.82, 2.24) is 15.2 Å². The van der Waals surface area contributed by atoms with E-state index in [0.29, 0.717) is 34.4 Å². The topological polar surface area (TPSA) is 84.9 Å². The standard InChI is InChI=1S/C13H16ClN3O3S/c1-3-12-15-13(17-16-12)8-21(18,19)7-9-4-5-11(20-2)10(14)6-9/h4-6H,3,7-8H2,1-2H3,(H,15,16,17). The summed E-state index contributed by atoms with van der Waals surface area (Å²) < 4.78 is 29.4. The first-order valence-electron chi connectivity index (χ1n) is 6.36. The van der Waals surface area contributed by atoms with E-state index >= 15 is 0 Å². The van der Waals surface area contributed by atoms with Crippen LogP contribution in [0, 0.1) is 0 Å². The van der Waals surface area contributed by atoms with E-state index in [9.17, 15) is 8.42 Å². The lowest BCUT2D eigenvalue weighted by Gasteiger charge is -2.06. The summed E-state index contributed by atoms with van der Waals surface area (Å²) in [6, 6.07) is 4.92. The summed E-state index contributed by atoms with van der Waals surface area (Å²) in [5.41, 5.74) is 0.607. The number of halogens is 1. The molecule has 0 saturated heterocycles. The number of benzene rings is 1. The van der Waals surface area contributed by atoms with E-state index in [2.05, 4.69) is 15.2 Å². The summed E-state index contributed by atoms with van der Waals surface area (Å²) in [6.45, 7) is 1.90. The van der Waals surface area contributed by atoms with Crippen molar-refractivity contribution < 1.29 is 13.2 Å². The molecule has 1 aromatic carbocycles. The van der Waals surface area contributed by atoms with Crippen LogP contribution in [0.2, 0.25) is 5.02 Å². The minimum Gasteiger partial charge on any atom is -0.495 e. The van der Waals surface area contributed by atoms with Crippen molar-refractivity contribution in [3.63, 3.8) is 0 Å². The lowest BCUT2D eigenvalue weighted by Crippen LogP contribution is -2.09.